The summed E-state index contributed by atoms with van der Waals surface area (Å²) >= 11 is 0. The van der Waals surface area contributed by atoms with Crippen LogP contribution in [0.4, 0.5) is 0 Å². The molecule has 0 aliphatic carbocycles. The molecule has 1 N–H and O–H groups in total. The van der Waals surface area contributed by atoms with Gasteiger partial charge in [-0.2, -0.15) is 0 Å². The van der Waals surface area contributed by atoms with Crippen molar-refractivity contribution in [3.8, 4) is 11.5 Å². The number of hydrogen-bond donors (Lipinski definition) is 1. The van der Waals surface area contributed by atoms with Crippen LogP contribution in [0.2, 0.25) is 18.1 Å². The van der Waals surface area contributed by atoms with Crippen molar-refractivity contribution in [3.63, 3.8) is 0 Å². The van der Waals surface area contributed by atoms with Gasteiger partial charge in [-0.15, -0.1) is 0 Å². The molecule has 1 aromatic heterocycles. The summed E-state index contributed by atoms with van der Waals surface area (Å²) in [5.41, 5.74) is 1.46. The zero-order valence-electron chi connectivity index (χ0n) is 17.3. The SMILES string of the molecule is COc1ccc(C(O)Cc2nc(CO[Si](C)(C)C(C)(C)C)co2)cc1OC. The van der Waals surface area contributed by atoms with Gasteiger partial charge in [-0.3, -0.25) is 0 Å². The number of methoxy groups -OCH3 is 2. The van der Waals surface area contributed by atoms with Crippen LogP contribution >= 0.6 is 0 Å². The third kappa shape index (κ3) is 5.34. The lowest BCUT2D eigenvalue weighted by atomic mass is 10.1. The fourth-order valence-corrected chi connectivity index (χ4v) is 3.26. The Morgan fingerprint density at radius 1 is 1.15 bits per heavy atom. The second-order valence-corrected chi connectivity index (χ2v) is 12.9. The van der Waals surface area contributed by atoms with Crippen LogP contribution in [0, 0.1) is 0 Å². The van der Waals surface area contributed by atoms with E-state index in [0.29, 0.717) is 29.6 Å². The molecule has 1 heterocycles. The molecule has 0 bridgehead atoms. The van der Waals surface area contributed by atoms with Crippen molar-refractivity contribution in [1.29, 1.82) is 0 Å². The molecule has 150 valence electrons. The molecule has 6 nitrogen and oxygen atoms in total. The lowest BCUT2D eigenvalue weighted by Gasteiger charge is -2.35. The van der Waals surface area contributed by atoms with Gasteiger partial charge in [0.25, 0.3) is 0 Å². The molecule has 7 heteroatoms. The Bertz CT molecular complexity index is 751. The lowest BCUT2D eigenvalue weighted by molar-refractivity contribution is 0.168. The smallest absolute Gasteiger partial charge is 0.197 e. The molecule has 0 saturated carbocycles. The molecular weight excluding hydrogens is 362 g/mol. The molecule has 0 radical (unpaired) electrons. The summed E-state index contributed by atoms with van der Waals surface area (Å²) in [6, 6.07) is 5.33. The van der Waals surface area contributed by atoms with Gasteiger partial charge in [0.05, 0.1) is 33.4 Å². The molecule has 1 unspecified atom stereocenters. The number of oxazole rings is 1. The van der Waals surface area contributed by atoms with Crippen LogP contribution in [-0.4, -0.2) is 32.6 Å². The minimum absolute atomic E-state index is 0.142. The van der Waals surface area contributed by atoms with E-state index >= 15 is 0 Å². The van der Waals surface area contributed by atoms with Crippen LogP contribution in [0.15, 0.2) is 28.9 Å². The number of nitrogens with zero attached hydrogens (tertiary/aromatic N) is 1. The second kappa shape index (κ2) is 8.46. The summed E-state index contributed by atoms with van der Waals surface area (Å²) in [6.07, 6.45) is 1.12. The highest BCUT2D eigenvalue weighted by Gasteiger charge is 2.37. The first kappa shape index (κ1) is 21.5. The van der Waals surface area contributed by atoms with Crippen LogP contribution in [0.5, 0.6) is 11.5 Å². The van der Waals surface area contributed by atoms with Crippen molar-refractivity contribution in [1.82, 2.24) is 4.98 Å². The second-order valence-electron chi connectivity index (χ2n) is 8.12. The van der Waals surface area contributed by atoms with Crippen LogP contribution in [0.1, 0.15) is 44.0 Å². The molecule has 0 amide bonds. The quantitative estimate of drug-likeness (QED) is 0.666. The molecule has 2 rings (SSSR count). The first-order valence-corrected chi connectivity index (χ1v) is 12.0. The van der Waals surface area contributed by atoms with Gasteiger partial charge in [0.2, 0.25) is 0 Å². The van der Waals surface area contributed by atoms with E-state index < -0.39 is 14.4 Å². The van der Waals surface area contributed by atoms with Gasteiger partial charge in [0.15, 0.2) is 25.7 Å². The van der Waals surface area contributed by atoms with Gasteiger partial charge in [0, 0.05) is 0 Å². The molecular formula is C20H31NO5Si. The monoisotopic (exact) mass is 393 g/mol. The van der Waals surface area contributed by atoms with E-state index in [1.165, 1.54) is 0 Å². The molecule has 0 aliphatic heterocycles. The van der Waals surface area contributed by atoms with Crippen molar-refractivity contribution < 1.29 is 23.4 Å². The Morgan fingerprint density at radius 3 is 2.41 bits per heavy atom. The van der Waals surface area contributed by atoms with Crippen molar-refractivity contribution >= 4 is 8.32 Å². The predicted octanol–water partition coefficient (Wildman–Crippen LogP) is 4.49. The number of aliphatic hydroxyl groups excluding tert-OH is 1. The molecule has 0 saturated heterocycles. The van der Waals surface area contributed by atoms with E-state index in [1.54, 1.807) is 38.7 Å². The minimum Gasteiger partial charge on any atom is -0.493 e. The standard InChI is InChI=1S/C20H31NO5Si/c1-20(2,3)27(6,7)26-13-15-12-25-19(21-15)11-16(22)14-8-9-17(23-4)18(10-14)24-5/h8-10,12,16,22H,11,13H2,1-7H3. The average Bonchev–Trinajstić information content (AvgIpc) is 3.05. The lowest BCUT2D eigenvalue weighted by Crippen LogP contribution is -2.40. The maximum Gasteiger partial charge on any atom is 0.197 e. The van der Waals surface area contributed by atoms with E-state index in [4.69, 9.17) is 18.3 Å². The van der Waals surface area contributed by atoms with Crippen LogP contribution in [0.25, 0.3) is 0 Å². The summed E-state index contributed by atoms with van der Waals surface area (Å²) in [4.78, 5) is 4.45. The molecule has 0 spiro atoms. The molecule has 0 fully saturated rings. The van der Waals surface area contributed by atoms with Gasteiger partial charge in [-0.25, -0.2) is 4.98 Å². The first-order valence-electron chi connectivity index (χ1n) is 9.04. The number of aromatic nitrogens is 1. The Balaban J connectivity index is 2.01. The first-order chi connectivity index (χ1) is 12.6. The fraction of sp³-hybridized carbons (Fsp3) is 0.550. The van der Waals surface area contributed by atoms with Gasteiger partial charge >= 0.3 is 0 Å². The third-order valence-electron chi connectivity index (χ3n) is 5.15. The topological polar surface area (TPSA) is 74.0 Å². The Labute approximate surface area is 162 Å². The average molecular weight is 394 g/mol. The van der Waals surface area contributed by atoms with Crippen molar-refractivity contribution in [3.05, 3.63) is 41.6 Å². The third-order valence-corrected chi connectivity index (χ3v) is 9.63. The summed E-state index contributed by atoms with van der Waals surface area (Å²) in [7, 11) is 1.30. The number of rotatable bonds is 8. The van der Waals surface area contributed by atoms with Crippen LogP contribution < -0.4 is 9.47 Å². The Kier molecular flexibility index (Phi) is 6.72. The van der Waals surface area contributed by atoms with Crippen LogP contribution in [0.3, 0.4) is 0 Å². The molecule has 1 atom stereocenters. The van der Waals surface area contributed by atoms with Gasteiger partial charge in [-0.1, -0.05) is 26.8 Å². The van der Waals surface area contributed by atoms with Gasteiger partial charge in [0.1, 0.15) is 12.0 Å². The van der Waals surface area contributed by atoms with Gasteiger partial charge < -0.3 is 23.4 Å². The zero-order chi connectivity index (χ0) is 20.2. The number of hydrogen-bond acceptors (Lipinski definition) is 6. The summed E-state index contributed by atoms with van der Waals surface area (Å²) in [5.74, 6) is 1.67. The van der Waals surface area contributed by atoms with E-state index in [9.17, 15) is 5.11 Å². The summed E-state index contributed by atoms with van der Waals surface area (Å²) in [5, 5.41) is 10.7. The number of ether oxygens (including phenoxy) is 2. The van der Waals surface area contributed by atoms with Crippen molar-refractivity contribution in [2.45, 2.75) is 58.0 Å². The largest absolute Gasteiger partial charge is 0.493 e. The minimum atomic E-state index is -1.84. The fourth-order valence-electron chi connectivity index (χ4n) is 2.32. The maximum absolute atomic E-state index is 10.5. The highest BCUT2D eigenvalue weighted by molar-refractivity contribution is 6.74. The van der Waals surface area contributed by atoms with E-state index in [0.717, 1.165) is 5.69 Å². The number of benzene rings is 1. The molecule has 1 aromatic carbocycles. The van der Waals surface area contributed by atoms with Crippen molar-refractivity contribution in [2.24, 2.45) is 0 Å². The number of aliphatic hydroxyl groups is 1. The Morgan fingerprint density at radius 2 is 1.81 bits per heavy atom. The summed E-state index contributed by atoms with van der Waals surface area (Å²) in [6.45, 7) is 11.4. The maximum atomic E-state index is 10.5. The predicted molar refractivity (Wildman–Crippen MR) is 107 cm³/mol. The highest BCUT2D eigenvalue weighted by atomic mass is 28.4. The van der Waals surface area contributed by atoms with Crippen LogP contribution in [-0.2, 0) is 17.5 Å². The van der Waals surface area contributed by atoms with E-state index in [-0.39, 0.29) is 11.5 Å². The van der Waals surface area contributed by atoms with Gasteiger partial charge in [-0.05, 0) is 35.8 Å². The zero-order valence-corrected chi connectivity index (χ0v) is 18.3. The highest BCUT2D eigenvalue weighted by Crippen LogP contribution is 2.37. The van der Waals surface area contributed by atoms with E-state index in [2.05, 4.69) is 38.8 Å². The molecule has 27 heavy (non-hydrogen) atoms. The molecule has 2 aromatic rings. The van der Waals surface area contributed by atoms with E-state index in [1.807, 2.05) is 0 Å². The normalized spacial score (nSPS) is 13.5. The van der Waals surface area contributed by atoms with Crippen molar-refractivity contribution in [2.75, 3.05) is 14.2 Å². The summed E-state index contributed by atoms with van der Waals surface area (Å²) < 4.78 is 22.2. The Hall–Kier alpha value is -1.83. The molecule has 0 aliphatic rings.